The van der Waals surface area contributed by atoms with E-state index in [-0.39, 0.29) is 12.0 Å². The van der Waals surface area contributed by atoms with Crippen molar-refractivity contribution in [3.8, 4) is 5.75 Å². The molecule has 1 aromatic rings. The molecule has 5 nitrogen and oxygen atoms in total. The number of hydrogen-bond donors (Lipinski definition) is 1. The summed E-state index contributed by atoms with van der Waals surface area (Å²) in [6.07, 6.45) is 5.16. The van der Waals surface area contributed by atoms with E-state index >= 15 is 0 Å². The number of amides is 1. The van der Waals surface area contributed by atoms with Crippen molar-refractivity contribution in [2.24, 2.45) is 0 Å². The number of hydrogen-bond acceptors (Lipinski definition) is 4. The number of nitrogens with zero attached hydrogens (tertiary/aromatic N) is 1. The van der Waals surface area contributed by atoms with Gasteiger partial charge in [0.15, 0.2) is 0 Å². The first-order valence-electron chi connectivity index (χ1n) is 8.13. The Labute approximate surface area is 131 Å². The summed E-state index contributed by atoms with van der Waals surface area (Å²) < 4.78 is 10.8. The predicted molar refractivity (Wildman–Crippen MR) is 86.7 cm³/mol. The summed E-state index contributed by atoms with van der Waals surface area (Å²) in [4.78, 5) is 14.6. The lowest BCUT2D eigenvalue weighted by Crippen LogP contribution is -2.30. The Morgan fingerprint density at radius 2 is 2.09 bits per heavy atom. The topological polar surface area (TPSA) is 50.8 Å². The Bertz CT molecular complexity index is 521. The van der Waals surface area contributed by atoms with E-state index in [9.17, 15) is 4.79 Å². The highest BCUT2D eigenvalue weighted by molar-refractivity contribution is 5.96. The highest BCUT2D eigenvalue weighted by Gasteiger charge is 2.24. The van der Waals surface area contributed by atoms with Crippen LogP contribution in [-0.2, 0) is 9.53 Å². The third-order valence-corrected chi connectivity index (χ3v) is 4.38. The summed E-state index contributed by atoms with van der Waals surface area (Å²) in [5.74, 6) is 0.610. The quantitative estimate of drug-likeness (QED) is 0.929. The van der Waals surface area contributed by atoms with E-state index in [2.05, 4.69) is 16.3 Å². The van der Waals surface area contributed by atoms with Gasteiger partial charge in [-0.2, -0.15) is 0 Å². The zero-order valence-electron chi connectivity index (χ0n) is 13.1. The molecule has 0 spiro atoms. The van der Waals surface area contributed by atoms with E-state index < -0.39 is 0 Å². The number of nitrogens with one attached hydrogen (secondary N) is 1. The molecular formula is C17H24N2O3. The second-order valence-corrected chi connectivity index (χ2v) is 5.92. The van der Waals surface area contributed by atoms with Crippen LogP contribution in [-0.4, -0.2) is 38.8 Å². The van der Waals surface area contributed by atoms with Gasteiger partial charge in [0.1, 0.15) is 11.9 Å². The summed E-state index contributed by atoms with van der Waals surface area (Å²) in [5, 5.41) is 2.97. The van der Waals surface area contributed by atoms with Gasteiger partial charge in [-0.15, -0.1) is 0 Å². The van der Waals surface area contributed by atoms with Gasteiger partial charge in [-0.1, -0.05) is 0 Å². The lowest BCUT2D eigenvalue weighted by Gasteiger charge is -2.29. The molecule has 0 saturated carbocycles. The molecule has 2 aliphatic heterocycles. The molecule has 22 heavy (non-hydrogen) atoms. The maximum absolute atomic E-state index is 12.3. The van der Waals surface area contributed by atoms with Gasteiger partial charge < -0.3 is 19.7 Å². The SMILES string of the molecule is COc1ccc(N2CCCCC2)cc1NC(=O)C1CCCO1. The summed E-state index contributed by atoms with van der Waals surface area (Å²) in [6, 6.07) is 6.00. The summed E-state index contributed by atoms with van der Waals surface area (Å²) in [6.45, 7) is 2.82. The van der Waals surface area contributed by atoms with Crippen LogP contribution in [0.5, 0.6) is 5.75 Å². The molecule has 2 fully saturated rings. The van der Waals surface area contributed by atoms with Gasteiger partial charge in [0.05, 0.1) is 12.8 Å². The van der Waals surface area contributed by atoms with Crippen LogP contribution in [0.2, 0.25) is 0 Å². The van der Waals surface area contributed by atoms with Crippen molar-refractivity contribution < 1.29 is 14.3 Å². The van der Waals surface area contributed by atoms with E-state index in [0.29, 0.717) is 12.4 Å². The second kappa shape index (κ2) is 7.01. The standard InChI is InChI=1S/C17H24N2O3/c1-21-15-8-7-13(19-9-3-2-4-10-19)12-14(15)18-17(20)16-6-5-11-22-16/h7-8,12,16H,2-6,9-11H2,1H3,(H,18,20). The zero-order chi connectivity index (χ0) is 15.4. The van der Waals surface area contributed by atoms with E-state index in [0.717, 1.165) is 37.3 Å². The molecule has 1 atom stereocenters. The van der Waals surface area contributed by atoms with Crippen LogP contribution < -0.4 is 15.0 Å². The highest BCUT2D eigenvalue weighted by Crippen LogP contribution is 2.31. The fraction of sp³-hybridized carbons (Fsp3) is 0.588. The number of methoxy groups -OCH3 is 1. The smallest absolute Gasteiger partial charge is 0.253 e. The van der Waals surface area contributed by atoms with Crippen LogP contribution in [0.1, 0.15) is 32.1 Å². The molecule has 1 aromatic carbocycles. The van der Waals surface area contributed by atoms with E-state index in [1.807, 2.05) is 12.1 Å². The molecule has 3 rings (SSSR count). The van der Waals surface area contributed by atoms with Gasteiger partial charge in [-0.25, -0.2) is 0 Å². The Morgan fingerprint density at radius 1 is 1.27 bits per heavy atom. The van der Waals surface area contributed by atoms with Crippen molar-refractivity contribution in [1.82, 2.24) is 0 Å². The number of piperidine rings is 1. The first-order chi connectivity index (χ1) is 10.8. The number of anilines is 2. The average Bonchev–Trinajstić information content (AvgIpc) is 3.10. The fourth-order valence-corrected chi connectivity index (χ4v) is 3.14. The Balaban J connectivity index is 1.76. The van der Waals surface area contributed by atoms with Crippen LogP contribution in [0.3, 0.4) is 0 Å². The number of rotatable bonds is 4. The van der Waals surface area contributed by atoms with Crippen molar-refractivity contribution in [1.29, 1.82) is 0 Å². The third-order valence-electron chi connectivity index (χ3n) is 4.38. The largest absolute Gasteiger partial charge is 0.495 e. The molecule has 1 unspecified atom stereocenters. The van der Waals surface area contributed by atoms with Crippen molar-refractivity contribution in [3.63, 3.8) is 0 Å². The minimum absolute atomic E-state index is 0.0772. The maximum atomic E-state index is 12.3. The minimum atomic E-state index is -0.330. The van der Waals surface area contributed by atoms with Crippen molar-refractivity contribution in [2.45, 2.75) is 38.2 Å². The highest BCUT2D eigenvalue weighted by atomic mass is 16.5. The van der Waals surface area contributed by atoms with Gasteiger partial charge in [0.2, 0.25) is 0 Å². The monoisotopic (exact) mass is 304 g/mol. The van der Waals surface area contributed by atoms with Gasteiger partial charge >= 0.3 is 0 Å². The maximum Gasteiger partial charge on any atom is 0.253 e. The first-order valence-corrected chi connectivity index (χ1v) is 8.13. The molecule has 1 N–H and O–H groups in total. The third kappa shape index (κ3) is 3.35. The van der Waals surface area contributed by atoms with E-state index in [1.165, 1.54) is 19.3 Å². The normalized spacial score (nSPS) is 21.7. The molecule has 0 aromatic heterocycles. The summed E-state index contributed by atoms with van der Waals surface area (Å²) in [7, 11) is 1.62. The molecule has 2 heterocycles. The number of carbonyl (C=O) groups is 1. The van der Waals surface area contributed by atoms with Crippen LogP contribution >= 0.6 is 0 Å². The van der Waals surface area contributed by atoms with Crippen LogP contribution in [0.25, 0.3) is 0 Å². The Hall–Kier alpha value is -1.75. The lowest BCUT2D eigenvalue weighted by atomic mass is 10.1. The number of carbonyl (C=O) groups excluding carboxylic acids is 1. The summed E-state index contributed by atoms with van der Waals surface area (Å²) in [5.41, 5.74) is 1.87. The molecule has 2 aliphatic rings. The molecule has 2 saturated heterocycles. The Morgan fingerprint density at radius 3 is 2.77 bits per heavy atom. The molecule has 0 aliphatic carbocycles. The molecule has 5 heteroatoms. The minimum Gasteiger partial charge on any atom is -0.495 e. The van der Waals surface area contributed by atoms with Gasteiger partial charge in [-0.3, -0.25) is 4.79 Å². The van der Waals surface area contributed by atoms with Crippen molar-refractivity contribution in [2.75, 3.05) is 37.0 Å². The second-order valence-electron chi connectivity index (χ2n) is 5.92. The van der Waals surface area contributed by atoms with Crippen LogP contribution in [0.4, 0.5) is 11.4 Å². The fourth-order valence-electron chi connectivity index (χ4n) is 3.14. The van der Waals surface area contributed by atoms with Gasteiger partial charge in [0.25, 0.3) is 5.91 Å². The van der Waals surface area contributed by atoms with Gasteiger partial charge in [-0.05, 0) is 50.3 Å². The molecule has 0 radical (unpaired) electrons. The van der Waals surface area contributed by atoms with Gasteiger partial charge in [0, 0.05) is 25.4 Å². The molecule has 0 bridgehead atoms. The van der Waals surface area contributed by atoms with Crippen molar-refractivity contribution in [3.05, 3.63) is 18.2 Å². The molecule has 120 valence electrons. The number of benzene rings is 1. The molecule has 1 amide bonds. The lowest BCUT2D eigenvalue weighted by molar-refractivity contribution is -0.124. The Kier molecular flexibility index (Phi) is 4.83. The van der Waals surface area contributed by atoms with Crippen LogP contribution in [0, 0.1) is 0 Å². The molecular weight excluding hydrogens is 280 g/mol. The van der Waals surface area contributed by atoms with Crippen LogP contribution in [0.15, 0.2) is 18.2 Å². The predicted octanol–water partition coefficient (Wildman–Crippen LogP) is 2.80. The van der Waals surface area contributed by atoms with Crippen molar-refractivity contribution >= 4 is 17.3 Å². The zero-order valence-corrected chi connectivity index (χ0v) is 13.1. The van der Waals surface area contributed by atoms with E-state index in [4.69, 9.17) is 9.47 Å². The number of ether oxygens (including phenoxy) is 2. The average molecular weight is 304 g/mol. The van der Waals surface area contributed by atoms with E-state index in [1.54, 1.807) is 7.11 Å². The summed E-state index contributed by atoms with van der Waals surface area (Å²) >= 11 is 0. The first kappa shape index (κ1) is 15.2.